The van der Waals surface area contributed by atoms with Crippen molar-refractivity contribution < 1.29 is 8.91 Å². The van der Waals surface area contributed by atoms with Crippen LogP contribution < -0.4 is 0 Å². The zero-order valence-corrected chi connectivity index (χ0v) is 11.3. The van der Waals surface area contributed by atoms with E-state index in [1.54, 1.807) is 10.6 Å². The van der Waals surface area contributed by atoms with Crippen LogP contribution in [0.4, 0.5) is 4.39 Å². The Morgan fingerprint density at radius 3 is 3.06 bits per heavy atom. The van der Waals surface area contributed by atoms with Crippen molar-refractivity contribution in [3.8, 4) is 0 Å². The van der Waals surface area contributed by atoms with Crippen molar-refractivity contribution in [3.05, 3.63) is 39.4 Å². The van der Waals surface area contributed by atoms with E-state index in [9.17, 15) is 4.39 Å². The van der Waals surface area contributed by atoms with Crippen LogP contribution in [0.25, 0.3) is 11.0 Å². The molecule has 0 radical (unpaired) electrons. The molecule has 1 aromatic carbocycles. The van der Waals surface area contributed by atoms with E-state index in [0.717, 1.165) is 5.52 Å². The SMILES string of the molecule is Fc1cc2c(cc1Br)[nH]c(=S)n2Cc1ncon1. The van der Waals surface area contributed by atoms with Crippen LogP contribution in [0.2, 0.25) is 0 Å². The van der Waals surface area contributed by atoms with Crippen molar-refractivity contribution in [2.45, 2.75) is 6.54 Å². The molecule has 0 fully saturated rings. The van der Waals surface area contributed by atoms with Gasteiger partial charge in [-0.1, -0.05) is 5.16 Å². The second-order valence-corrected chi connectivity index (χ2v) is 4.89. The predicted molar refractivity (Wildman–Crippen MR) is 68.2 cm³/mol. The summed E-state index contributed by atoms with van der Waals surface area (Å²) in [7, 11) is 0. The molecule has 18 heavy (non-hydrogen) atoms. The Morgan fingerprint density at radius 2 is 2.33 bits per heavy atom. The molecule has 0 aliphatic rings. The molecule has 92 valence electrons. The van der Waals surface area contributed by atoms with Gasteiger partial charge in [0.1, 0.15) is 5.82 Å². The van der Waals surface area contributed by atoms with E-state index in [-0.39, 0.29) is 5.82 Å². The lowest BCUT2D eigenvalue weighted by Crippen LogP contribution is -2.01. The zero-order chi connectivity index (χ0) is 12.7. The lowest BCUT2D eigenvalue weighted by molar-refractivity contribution is 0.408. The lowest BCUT2D eigenvalue weighted by Gasteiger charge is -2.01. The van der Waals surface area contributed by atoms with Crippen molar-refractivity contribution in [1.29, 1.82) is 0 Å². The van der Waals surface area contributed by atoms with Gasteiger partial charge in [-0.05, 0) is 34.2 Å². The zero-order valence-electron chi connectivity index (χ0n) is 8.85. The summed E-state index contributed by atoms with van der Waals surface area (Å²) in [5.41, 5.74) is 1.40. The summed E-state index contributed by atoms with van der Waals surface area (Å²) in [5, 5.41) is 3.71. The van der Waals surface area contributed by atoms with Gasteiger partial charge in [0.25, 0.3) is 0 Å². The van der Waals surface area contributed by atoms with Gasteiger partial charge in [0.05, 0.1) is 22.1 Å². The number of nitrogens with one attached hydrogen (secondary N) is 1. The Morgan fingerprint density at radius 1 is 1.50 bits per heavy atom. The summed E-state index contributed by atoms with van der Waals surface area (Å²) in [6, 6.07) is 3.05. The van der Waals surface area contributed by atoms with Gasteiger partial charge in [0.15, 0.2) is 10.6 Å². The molecule has 2 heterocycles. The minimum Gasteiger partial charge on any atom is -0.343 e. The number of aromatic nitrogens is 4. The van der Waals surface area contributed by atoms with E-state index >= 15 is 0 Å². The molecule has 5 nitrogen and oxygen atoms in total. The highest BCUT2D eigenvalue weighted by molar-refractivity contribution is 9.10. The number of imidazole rings is 1. The van der Waals surface area contributed by atoms with Gasteiger partial charge in [0, 0.05) is 6.07 Å². The summed E-state index contributed by atoms with van der Waals surface area (Å²) in [5.74, 6) is 0.133. The number of aromatic amines is 1. The number of rotatable bonds is 2. The maximum atomic E-state index is 13.6. The lowest BCUT2D eigenvalue weighted by atomic mass is 10.3. The number of fused-ring (bicyclic) bond motifs is 1. The summed E-state index contributed by atoms with van der Waals surface area (Å²) in [6.07, 6.45) is 1.24. The molecule has 0 unspecified atom stereocenters. The van der Waals surface area contributed by atoms with Gasteiger partial charge in [-0.3, -0.25) is 0 Å². The summed E-state index contributed by atoms with van der Waals surface area (Å²) in [4.78, 5) is 6.92. The largest absolute Gasteiger partial charge is 0.343 e. The van der Waals surface area contributed by atoms with Gasteiger partial charge in [-0.25, -0.2) is 4.39 Å². The molecule has 1 N–H and O–H groups in total. The highest BCUT2D eigenvalue weighted by Gasteiger charge is 2.10. The van der Waals surface area contributed by atoms with Crippen molar-refractivity contribution >= 4 is 39.2 Å². The normalized spacial score (nSPS) is 11.2. The highest BCUT2D eigenvalue weighted by Crippen LogP contribution is 2.23. The molecule has 0 amide bonds. The fraction of sp³-hybridized carbons (Fsp3) is 0.100. The summed E-state index contributed by atoms with van der Waals surface area (Å²) < 4.78 is 20.8. The van der Waals surface area contributed by atoms with Crippen LogP contribution in [-0.2, 0) is 6.54 Å². The molecule has 0 spiro atoms. The Labute approximate surface area is 114 Å². The number of nitrogens with zero attached hydrogens (tertiary/aromatic N) is 3. The maximum absolute atomic E-state index is 13.6. The van der Waals surface area contributed by atoms with Gasteiger partial charge >= 0.3 is 0 Å². The van der Waals surface area contributed by atoms with Gasteiger partial charge in [-0.15, -0.1) is 0 Å². The minimum absolute atomic E-state index is 0.330. The average molecular weight is 329 g/mol. The summed E-state index contributed by atoms with van der Waals surface area (Å²) >= 11 is 8.33. The molecule has 0 aliphatic carbocycles. The number of benzene rings is 1. The second-order valence-electron chi connectivity index (χ2n) is 3.65. The van der Waals surface area contributed by atoms with Crippen LogP contribution in [0.15, 0.2) is 27.5 Å². The fourth-order valence-electron chi connectivity index (χ4n) is 1.71. The molecule has 0 saturated heterocycles. The quantitative estimate of drug-likeness (QED) is 0.734. The second kappa shape index (κ2) is 4.29. The Hall–Kier alpha value is -1.54. The third-order valence-corrected chi connectivity index (χ3v) is 3.45. The number of halogens is 2. The minimum atomic E-state index is -0.349. The third-order valence-electron chi connectivity index (χ3n) is 2.52. The van der Waals surface area contributed by atoms with Gasteiger partial charge in [-0.2, -0.15) is 4.98 Å². The molecule has 0 saturated carbocycles. The number of H-pyrrole nitrogens is 1. The van der Waals surface area contributed by atoms with Crippen molar-refractivity contribution in [1.82, 2.24) is 19.7 Å². The molecule has 3 rings (SSSR count). The van der Waals surface area contributed by atoms with Gasteiger partial charge < -0.3 is 14.1 Å². The average Bonchev–Trinajstić information content (AvgIpc) is 2.92. The molecule has 0 aliphatic heterocycles. The van der Waals surface area contributed by atoms with Crippen LogP contribution in [0.5, 0.6) is 0 Å². The van der Waals surface area contributed by atoms with Crippen molar-refractivity contribution in [2.75, 3.05) is 0 Å². The Bertz CT molecular complexity index is 764. The van der Waals surface area contributed by atoms with E-state index in [2.05, 4.69) is 35.6 Å². The topological polar surface area (TPSA) is 59.6 Å². The van der Waals surface area contributed by atoms with Crippen LogP contribution in [-0.4, -0.2) is 19.7 Å². The molecule has 2 aromatic heterocycles. The first-order valence-corrected chi connectivity index (χ1v) is 6.18. The van der Waals surface area contributed by atoms with Crippen molar-refractivity contribution in [2.24, 2.45) is 0 Å². The van der Waals surface area contributed by atoms with Crippen LogP contribution in [0, 0.1) is 10.6 Å². The highest BCUT2D eigenvalue weighted by atomic mass is 79.9. The van der Waals surface area contributed by atoms with E-state index in [0.29, 0.717) is 27.1 Å². The van der Waals surface area contributed by atoms with E-state index in [1.165, 1.54) is 12.5 Å². The number of hydrogen-bond donors (Lipinski definition) is 1. The van der Waals surface area contributed by atoms with Crippen LogP contribution in [0.3, 0.4) is 0 Å². The standard InChI is InChI=1S/C10H6BrFN4OS/c11-5-1-7-8(2-6(5)12)16(10(18)14-7)3-9-13-4-17-15-9/h1-2,4H,3H2,(H,14,18). The van der Waals surface area contributed by atoms with E-state index in [1.807, 2.05) is 0 Å². The molecule has 0 atom stereocenters. The maximum Gasteiger partial charge on any atom is 0.213 e. The smallest absolute Gasteiger partial charge is 0.213 e. The molecular weight excluding hydrogens is 323 g/mol. The Kier molecular flexibility index (Phi) is 2.75. The van der Waals surface area contributed by atoms with Crippen LogP contribution in [0.1, 0.15) is 5.82 Å². The molecule has 0 bridgehead atoms. The van der Waals surface area contributed by atoms with E-state index in [4.69, 9.17) is 12.2 Å². The third kappa shape index (κ3) is 1.87. The monoisotopic (exact) mass is 328 g/mol. The van der Waals surface area contributed by atoms with E-state index < -0.39 is 0 Å². The predicted octanol–water partition coefficient (Wildman–Crippen LogP) is 3.03. The Balaban J connectivity index is 2.19. The summed E-state index contributed by atoms with van der Waals surface area (Å²) in [6.45, 7) is 0.330. The molecule has 8 heteroatoms. The molecular formula is C10H6BrFN4OS. The van der Waals surface area contributed by atoms with Gasteiger partial charge in [0.2, 0.25) is 6.39 Å². The molecule has 3 aromatic rings. The first-order valence-electron chi connectivity index (χ1n) is 4.98. The van der Waals surface area contributed by atoms with Crippen molar-refractivity contribution in [3.63, 3.8) is 0 Å². The first kappa shape index (κ1) is 11.5. The fourth-order valence-corrected chi connectivity index (χ4v) is 2.33. The number of hydrogen-bond acceptors (Lipinski definition) is 4. The first-order chi connectivity index (χ1) is 8.65. The van der Waals surface area contributed by atoms with Crippen LogP contribution >= 0.6 is 28.1 Å².